The lowest BCUT2D eigenvalue weighted by Crippen LogP contribution is -2.46. The number of nitrogens with zero attached hydrogens (tertiary/aromatic N) is 5. The van der Waals surface area contributed by atoms with Crippen LogP contribution >= 0.6 is 0 Å². The first-order valence-corrected chi connectivity index (χ1v) is 13.1. The van der Waals surface area contributed by atoms with Crippen molar-refractivity contribution >= 4 is 46.7 Å². The number of carbonyl (C=O) groups is 3. The Morgan fingerprint density at radius 2 is 1.62 bits per heavy atom. The zero-order chi connectivity index (χ0) is 30.4. The van der Waals surface area contributed by atoms with E-state index < -0.39 is 12.0 Å². The molecule has 11 heteroatoms. The van der Waals surface area contributed by atoms with Crippen molar-refractivity contribution in [1.29, 1.82) is 0 Å². The summed E-state index contributed by atoms with van der Waals surface area (Å²) >= 11 is 0. The molecule has 0 unspecified atom stereocenters. The second-order valence-corrected chi connectivity index (χ2v) is 9.57. The number of fused-ring (bicyclic) bond motifs is 1. The number of methoxy groups -OCH3 is 1. The fourth-order valence-corrected chi connectivity index (χ4v) is 4.26. The van der Waals surface area contributed by atoms with Gasteiger partial charge in [0, 0.05) is 24.4 Å². The molecule has 0 fully saturated rings. The molecule has 3 amide bonds. The van der Waals surface area contributed by atoms with Crippen molar-refractivity contribution in [3.05, 3.63) is 96.2 Å². The number of urea groups is 1. The number of anilines is 5. The molecule has 0 bridgehead atoms. The Hall–Kier alpha value is -5.29. The first kappa shape index (κ1) is 29.7. The molecule has 3 aromatic carbocycles. The van der Waals surface area contributed by atoms with Crippen LogP contribution < -0.4 is 25.2 Å². The number of aliphatic carboxylic acids is 1. The van der Waals surface area contributed by atoms with Gasteiger partial charge >= 0.3 is 6.03 Å². The van der Waals surface area contributed by atoms with E-state index in [-0.39, 0.29) is 24.4 Å². The largest absolute Gasteiger partial charge is 0.497 e. The van der Waals surface area contributed by atoms with Crippen LogP contribution in [0.1, 0.15) is 25.0 Å². The number of carbonyl (C=O) groups excluding carboxylic acids is 2. The number of carboxylic acid groups (broad SMARTS) is 1. The normalized spacial score (nSPS) is 12.9. The lowest BCUT2D eigenvalue weighted by atomic mass is 10.1. The number of nitrogens with two attached hydrogens (primary N) is 1. The number of benzene rings is 3. The Labute approximate surface area is 243 Å². The van der Waals surface area contributed by atoms with Crippen molar-refractivity contribution in [2.45, 2.75) is 33.4 Å². The highest BCUT2D eigenvalue weighted by molar-refractivity contribution is 6.10. The molecule has 4 aromatic rings. The monoisotopic (exact) mass is 568 g/mol. The number of amides is 3. The van der Waals surface area contributed by atoms with E-state index in [0.29, 0.717) is 28.6 Å². The molecule has 5 rings (SSSR count). The minimum atomic E-state index is -0.833. The van der Waals surface area contributed by atoms with Gasteiger partial charge in [-0.15, -0.1) is 0 Å². The quantitative estimate of drug-likeness (QED) is 0.324. The number of ether oxygens (including phenoxy) is 1. The van der Waals surface area contributed by atoms with E-state index in [1.54, 1.807) is 25.1 Å². The standard InChI is InChI=1S/C29H28N6O3.C2H4O2/c1-19-9-11-24(12-10-19)35(27(36)20(2)30)28-31-17-21-18-33(22-13-15-25(38-3)16-14-22)29(37)34(26(21)32-28)23-7-5-4-6-8-23;1-2(3)4/h4-17,20H,18,30H2,1-3H3;1H3,(H,3,4)/t20-;/m0./s1. The third-order valence-electron chi connectivity index (χ3n) is 6.29. The summed E-state index contributed by atoms with van der Waals surface area (Å²) in [4.78, 5) is 50.1. The van der Waals surface area contributed by atoms with Crippen LogP contribution in [0.4, 0.5) is 33.6 Å². The fourth-order valence-electron chi connectivity index (χ4n) is 4.26. The van der Waals surface area contributed by atoms with Gasteiger partial charge in [0.1, 0.15) is 5.75 Å². The zero-order valence-corrected chi connectivity index (χ0v) is 23.8. The van der Waals surface area contributed by atoms with E-state index in [9.17, 15) is 9.59 Å². The zero-order valence-electron chi connectivity index (χ0n) is 23.8. The van der Waals surface area contributed by atoms with Crippen molar-refractivity contribution in [2.24, 2.45) is 5.73 Å². The molecule has 1 aromatic heterocycles. The molecule has 1 atom stereocenters. The Morgan fingerprint density at radius 3 is 2.19 bits per heavy atom. The molecule has 0 spiro atoms. The second kappa shape index (κ2) is 12.9. The van der Waals surface area contributed by atoms with E-state index in [2.05, 4.69) is 4.98 Å². The van der Waals surface area contributed by atoms with Gasteiger partial charge in [0.15, 0.2) is 5.82 Å². The summed E-state index contributed by atoms with van der Waals surface area (Å²) in [6.45, 7) is 4.93. The lowest BCUT2D eigenvalue weighted by Gasteiger charge is -2.36. The molecular weight excluding hydrogens is 536 g/mol. The molecule has 0 saturated carbocycles. The first-order chi connectivity index (χ1) is 20.1. The van der Waals surface area contributed by atoms with Crippen molar-refractivity contribution < 1.29 is 24.2 Å². The van der Waals surface area contributed by atoms with Crippen molar-refractivity contribution in [1.82, 2.24) is 9.97 Å². The summed E-state index contributed by atoms with van der Waals surface area (Å²) in [5, 5.41) is 7.42. The predicted octanol–water partition coefficient (Wildman–Crippen LogP) is 5.17. The Morgan fingerprint density at radius 1 is 1.00 bits per heavy atom. The van der Waals surface area contributed by atoms with Gasteiger partial charge < -0.3 is 15.6 Å². The third kappa shape index (κ3) is 6.53. The van der Waals surface area contributed by atoms with Gasteiger partial charge in [-0.1, -0.05) is 35.9 Å². The number of aryl methyl sites for hydroxylation is 1. The Bertz CT molecular complexity index is 1560. The summed E-state index contributed by atoms with van der Waals surface area (Å²) in [5.74, 6) is 0.0515. The van der Waals surface area contributed by atoms with Crippen molar-refractivity contribution in [3.63, 3.8) is 0 Å². The maximum atomic E-state index is 13.9. The molecular formula is C31H32N6O5. The molecule has 42 heavy (non-hydrogen) atoms. The minimum absolute atomic E-state index is 0.140. The average molecular weight is 569 g/mol. The van der Waals surface area contributed by atoms with E-state index >= 15 is 0 Å². The SMILES string of the molecule is CC(=O)O.COc1ccc(N2Cc3cnc(N(C(=O)[C@H](C)N)c4ccc(C)cc4)nc3N(c3ccccc3)C2=O)cc1. The number of aromatic nitrogens is 2. The van der Waals surface area contributed by atoms with E-state index in [1.807, 2.05) is 85.8 Å². The van der Waals surface area contributed by atoms with Gasteiger partial charge in [0.2, 0.25) is 5.95 Å². The fraction of sp³-hybridized carbons (Fsp3) is 0.194. The Kier molecular flexibility index (Phi) is 9.13. The molecule has 0 radical (unpaired) electrons. The van der Waals surface area contributed by atoms with Crippen LogP contribution in [0.3, 0.4) is 0 Å². The van der Waals surface area contributed by atoms with Gasteiger partial charge in [-0.3, -0.25) is 14.5 Å². The highest BCUT2D eigenvalue weighted by Crippen LogP contribution is 2.37. The molecule has 1 aliphatic heterocycles. The summed E-state index contributed by atoms with van der Waals surface area (Å²) in [6.07, 6.45) is 1.66. The third-order valence-corrected chi connectivity index (χ3v) is 6.29. The van der Waals surface area contributed by atoms with E-state index in [4.69, 9.17) is 25.4 Å². The Balaban J connectivity index is 0.000000952. The molecule has 0 saturated heterocycles. The summed E-state index contributed by atoms with van der Waals surface area (Å²) in [5.41, 5.74) is 9.71. The second-order valence-electron chi connectivity index (χ2n) is 9.57. The van der Waals surface area contributed by atoms with Gasteiger partial charge in [-0.25, -0.2) is 19.6 Å². The van der Waals surface area contributed by atoms with Gasteiger partial charge in [0.25, 0.3) is 11.9 Å². The maximum absolute atomic E-state index is 13.9. The van der Waals surface area contributed by atoms with E-state index in [0.717, 1.165) is 18.1 Å². The number of rotatable bonds is 6. The molecule has 216 valence electrons. The van der Waals surface area contributed by atoms with Crippen molar-refractivity contribution in [2.75, 3.05) is 21.8 Å². The number of para-hydroxylation sites is 1. The highest BCUT2D eigenvalue weighted by atomic mass is 16.5. The molecule has 0 aliphatic carbocycles. The van der Waals surface area contributed by atoms with Gasteiger partial charge in [-0.2, -0.15) is 4.98 Å². The van der Waals surface area contributed by atoms with Crippen LogP contribution in [-0.4, -0.2) is 46.1 Å². The molecule has 11 nitrogen and oxygen atoms in total. The van der Waals surface area contributed by atoms with Crippen LogP contribution in [-0.2, 0) is 16.1 Å². The molecule has 1 aliphatic rings. The smallest absolute Gasteiger partial charge is 0.335 e. The maximum Gasteiger partial charge on any atom is 0.335 e. The molecule has 2 heterocycles. The number of hydrogen-bond acceptors (Lipinski definition) is 7. The predicted molar refractivity (Wildman–Crippen MR) is 160 cm³/mol. The summed E-state index contributed by atoms with van der Waals surface area (Å²) in [7, 11) is 1.60. The van der Waals surface area contributed by atoms with Crippen LogP contribution in [0.15, 0.2) is 85.1 Å². The van der Waals surface area contributed by atoms with Crippen LogP contribution in [0.2, 0.25) is 0 Å². The highest BCUT2D eigenvalue weighted by Gasteiger charge is 2.35. The lowest BCUT2D eigenvalue weighted by molar-refractivity contribution is -0.134. The van der Waals surface area contributed by atoms with Crippen molar-refractivity contribution in [3.8, 4) is 5.75 Å². The van der Waals surface area contributed by atoms with Gasteiger partial charge in [0.05, 0.1) is 31.1 Å². The minimum Gasteiger partial charge on any atom is -0.497 e. The van der Waals surface area contributed by atoms with Gasteiger partial charge in [-0.05, 0) is 62.4 Å². The first-order valence-electron chi connectivity index (χ1n) is 13.1. The van der Waals surface area contributed by atoms with E-state index in [1.165, 1.54) is 9.80 Å². The molecule has 3 N–H and O–H groups in total. The van der Waals surface area contributed by atoms with Crippen LogP contribution in [0.25, 0.3) is 0 Å². The topological polar surface area (TPSA) is 142 Å². The average Bonchev–Trinajstić information content (AvgIpc) is 2.98. The number of carboxylic acids is 1. The summed E-state index contributed by atoms with van der Waals surface area (Å²) < 4.78 is 5.27. The van der Waals surface area contributed by atoms with Crippen LogP contribution in [0.5, 0.6) is 5.75 Å². The number of hydrogen-bond donors (Lipinski definition) is 2. The van der Waals surface area contributed by atoms with Crippen LogP contribution in [0, 0.1) is 6.92 Å². The summed E-state index contributed by atoms with van der Waals surface area (Å²) in [6, 6.07) is 23.0.